The lowest BCUT2D eigenvalue weighted by Crippen LogP contribution is -2.43. The molecule has 3 atom stereocenters. The first-order valence-corrected chi connectivity index (χ1v) is 13.2. The predicted octanol–water partition coefficient (Wildman–Crippen LogP) is 3.44. The van der Waals surface area contributed by atoms with Crippen LogP contribution in [0, 0.1) is 13.8 Å². The number of Topliss-reactive ketones (excluding diaryl/α,β-unsaturated/α-hetero) is 2. The second-order valence-electron chi connectivity index (χ2n) is 10.8. The molecule has 42 heavy (non-hydrogen) atoms. The summed E-state index contributed by atoms with van der Waals surface area (Å²) in [6.45, 7) is 3.28. The van der Waals surface area contributed by atoms with E-state index < -0.39 is 64.1 Å². The number of hydrogen-bond acceptors (Lipinski definition) is 10. The van der Waals surface area contributed by atoms with Gasteiger partial charge in [0.1, 0.15) is 23.0 Å². The van der Waals surface area contributed by atoms with Gasteiger partial charge in [-0.15, -0.1) is 0 Å². The summed E-state index contributed by atoms with van der Waals surface area (Å²) in [6.07, 6.45) is -2.59. The molecule has 3 aromatic carbocycles. The van der Waals surface area contributed by atoms with Crippen LogP contribution in [0.2, 0.25) is 0 Å². The second-order valence-corrected chi connectivity index (χ2v) is 10.8. The molecular weight excluding hydrogens is 544 g/mol. The van der Waals surface area contributed by atoms with Crippen LogP contribution in [-0.4, -0.2) is 70.0 Å². The number of methoxy groups -OCH3 is 2. The van der Waals surface area contributed by atoms with Crippen molar-refractivity contribution in [1.82, 2.24) is 0 Å². The number of ketones is 4. The second kappa shape index (κ2) is 9.37. The largest absolute Gasteiger partial charge is 0.507 e. The number of phenolic OH excluding ortho intramolecular Hbond substituents is 3. The molecule has 3 aliphatic carbocycles. The van der Waals surface area contributed by atoms with Gasteiger partial charge in [0, 0.05) is 58.9 Å². The number of hydrogen-bond donors (Lipinski definition) is 4. The molecule has 0 radical (unpaired) electrons. The zero-order valence-corrected chi connectivity index (χ0v) is 23.1. The highest BCUT2D eigenvalue weighted by Crippen LogP contribution is 2.52. The first-order valence-electron chi connectivity index (χ1n) is 13.2. The summed E-state index contributed by atoms with van der Waals surface area (Å²) in [4.78, 5) is 55.9. The van der Waals surface area contributed by atoms with E-state index in [0.29, 0.717) is 11.1 Å². The van der Waals surface area contributed by atoms with Gasteiger partial charge in [-0.25, -0.2) is 0 Å². The monoisotopic (exact) mass is 570 g/mol. The lowest BCUT2D eigenvalue weighted by molar-refractivity contribution is 0.0316. The Morgan fingerprint density at radius 2 is 1.21 bits per heavy atom. The third-order valence-corrected chi connectivity index (χ3v) is 8.31. The van der Waals surface area contributed by atoms with E-state index in [9.17, 15) is 39.6 Å². The van der Waals surface area contributed by atoms with E-state index in [0.717, 1.165) is 6.07 Å². The van der Waals surface area contributed by atoms with Crippen LogP contribution in [0.15, 0.2) is 41.5 Å². The molecule has 0 bridgehead atoms. The number of aryl methyl sites for hydroxylation is 2. The molecule has 0 heterocycles. The molecule has 0 spiro atoms. The topological polar surface area (TPSA) is 168 Å². The van der Waals surface area contributed by atoms with Crippen LogP contribution in [0.4, 0.5) is 0 Å². The molecule has 0 saturated heterocycles. The minimum Gasteiger partial charge on any atom is -0.507 e. The van der Waals surface area contributed by atoms with Gasteiger partial charge in [-0.3, -0.25) is 19.2 Å². The number of aliphatic hydroxyl groups is 1. The van der Waals surface area contributed by atoms with E-state index in [1.54, 1.807) is 13.8 Å². The average Bonchev–Trinajstić information content (AvgIpc) is 2.92. The maximum Gasteiger partial charge on any atom is 0.201 e. The van der Waals surface area contributed by atoms with Gasteiger partial charge >= 0.3 is 0 Å². The summed E-state index contributed by atoms with van der Waals surface area (Å²) in [5.74, 6) is -5.61. The standard InChI is InChI=1S/C32H26O10/c1-11-5-13-21(15(33)7-11)31(39)23-17(35)9-19(41-3)25(27(23)29(13)37)26-20(42-4)10-18(36)24-28(26)30(38)14-6-12(2)8-16(34)22(14)32(24)40/h5-9,18,20,26,33-36H,10H2,1-4H3. The molecule has 4 N–H and O–H groups in total. The quantitative estimate of drug-likeness (QED) is 0.286. The van der Waals surface area contributed by atoms with Crippen LogP contribution < -0.4 is 4.74 Å². The van der Waals surface area contributed by atoms with Gasteiger partial charge in [-0.05, 0) is 49.2 Å². The van der Waals surface area contributed by atoms with Crippen molar-refractivity contribution in [2.45, 2.75) is 38.4 Å². The van der Waals surface area contributed by atoms with Gasteiger partial charge in [-0.1, -0.05) is 0 Å². The molecule has 0 saturated carbocycles. The lowest BCUT2D eigenvalue weighted by Gasteiger charge is -2.40. The van der Waals surface area contributed by atoms with Crippen LogP contribution in [0.25, 0.3) is 0 Å². The molecule has 214 valence electrons. The van der Waals surface area contributed by atoms with Crippen molar-refractivity contribution in [3.63, 3.8) is 0 Å². The molecule has 6 rings (SSSR count). The molecule has 0 fully saturated rings. The molecule has 10 heteroatoms. The number of aromatic hydroxyl groups is 3. The van der Waals surface area contributed by atoms with Crippen molar-refractivity contribution in [2.75, 3.05) is 14.2 Å². The van der Waals surface area contributed by atoms with E-state index in [4.69, 9.17) is 9.47 Å². The maximum atomic E-state index is 14.2. The van der Waals surface area contributed by atoms with Gasteiger partial charge in [0.15, 0.2) is 17.3 Å². The first kappa shape index (κ1) is 27.4. The normalized spacial score (nSPS) is 21.1. The van der Waals surface area contributed by atoms with E-state index >= 15 is 0 Å². The van der Waals surface area contributed by atoms with Crippen LogP contribution in [0.5, 0.6) is 23.0 Å². The smallest absolute Gasteiger partial charge is 0.201 e. The van der Waals surface area contributed by atoms with Crippen LogP contribution in [0.1, 0.15) is 81.6 Å². The van der Waals surface area contributed by atoms with E-state index in [2.05, 4.69) is 0 Å². The Morgan fingerprint density at radius 1 is 0.667 bits per heavy atom. The fourth-order valence-electron chi connectivity index (χ4n) is 6.62. The van der Waals surface area contributed by atoms with Gasteiger partial charge in [-0.2, -0.15) is 0 Å². The van der Waals surface area contributed by atoms with Crippen LogP contribution in [-0.2, 0) is 4.74 Å². The van der Waals surface area contributed by atoms with Crippen molar-refractivity contribution in [2.24, 2.45) is 0 Å². The Hall–Kier alpha value is -4.80. The molecule has 10 nitrogen and oxygen atoms in total. The highest BCUT2D eigenvalue weighted by atomic mass is 16.5. The third kappa shape index (κ3) is 3.58. The van der Waals surface area contributed by atoms with Gasteiger partial charge < -0.3 is 29.9 Å². The molecule has 0 amide bonds. The number of aliphatic hydroxyl groups excluding tert-OH is 1. The van der Waals surface area contributed by atoms with Crippen molar-refractivity contribution in [3.05, 3.63) is 91.5 Å². The Bertz CT molecular complexity index is 1830. The number of carbonyl (C=O) groups excluding carboxylic acids is 4. The maximum absolute atomic E-state index is 14.2. The van der Waals surface area contributed by atoms with Crippen LogP contribution in [0.3, 0.4) is 0 Å². The summed E-state index contributed by atoms with van der Waals surface area (Å²) < 4.78 is 11.3. The minimum atomic E-state index is -1.44. The summed E-state index contributed by atoms with van der Waals surface area (Å²) in [5.41, 5.74) is -0.714. The van der Waals surface area contributed by atoms with Crippen LogP contribution >= 0.6 is 0 Å². The summed E-state index contributed by atoms with van der Waals surface area (Å²) in [7, 11) is 2.63. The number of benzene rings is 3. The summed E-state index contributed by atoms with van der Waals surface area (Å²) in [6, 6.07) is 6.71. The highest BCUT2D eigenvalue weighted by molar-refractivity contribution is 6.32. The molecule has 3 aliphatic rings. The van der Waals surface area contributed by atoms with E-state index in [1.807, 2.05) is 0 Å². The van der Waals surface area contributed by atoms with E-state index in [-0.39, 0.29) is 56.7 Å². The summed E-state index contributed by atoms with van der Waals surface area (Å²) >= 11 is 0. The zero-order valence-electron chi connectivity index (χ0n) is 23.1. The van der Waals surface area contributed by atoms with Crippen molar-refractivity contribution >= 4 is 23.1 Å². The SMILES string of the molecule is COc1cc(O)c2c(c1C1C3=C(C(=O)c4c(O)cc(C)cc4C3=O)C(O)CC1OC)C(=O)c1cc(C)cc(O)c1C2=O. The Balaban J connectivity index is 1.71. The number of phenols is 3. The highest BCUT2D eigenvalue weighted by Gasteiger charge is 2.50. The Kier molecular flexibility index (Phi) is 6.10. The van der Waals surface area contributed by atoms with E-state index in [1.165, 1.54) is 38.5 Å². The van der Waals surface area contributed by atoms with Gasteiger partial charge in [0.05, 0.1) is 36.0 Å². The minimum absolute atomic E-state index is 0.0167. The van der Waals surface area contributed by atoms with Crippen molar-refractivity contribution in [1.29, 1.82) is 0 Å². The summed E-state index contributed by atoms with van der Waals surface area (Å²) in [5, 5.41) is 43.3. The number of rotatable bonds is 3. The zero-order chi connectivity index (χ0) is 30.4. The molecular formula is C32H26O10. The Labute approximate surface area is 239 Å². The molecule has 0 aromatic heterocycles. The lowest BCUT2D eigenvalue weighted by atomic mass is 9.65. The number of ether oxygens (including phenoxy) is 2. The fourth-order valence-corrected chi connectivity index (χ4v) is 6.62. The fraction of sp³-hybridized carbons (Fsp3) is 0.250. The third-order valence-electron chi connectivity index (χ3n) is 8.31. The molecule has 3 unspecified atom stereocenters. The van der Waals surface area contributed by atoms with Crippen molar-refractivity contribution < 1.29 is 49.1 Å². The first-order chi connectivity index (χ1) is 19.9. The Morgan fingerprint density at radius 3 is 1.79 bits per heavy atom. The van der Waals surface area contributed by atoms with Gasteiger partial charge in [0.25, 0.3) is 0 Å². The number of fused-ring (bicyclic) bond motifs is 3. The predicted molar refractivity (Wildman–Crippen MR) is 147 cm³/mol. The molecule has 0 aliphatic heterocycles. The van der Waals surface area contributed by atoms with Crippen molar-refractivity contribution in [3.8, 4) is 23.0 Å². The van der Waals surface area contributed by atoms with Gasteiger partial charge in [0.2, 0.25) is 5.78 Å². The molecule has 3 aromatic rings. The number of carbonyl (C=O) groups is 4. The average molecular weight is 571 g/mol.